The van der Waals surface area contributed by atoms with Crippen molar-refractivity contribution >= 4 is 32.3 Å². The minimum atomic E-state index is 1.25. The highest BCUT2D eigenvalue weighted by molar-refractivity contribution is 6.21. The molecule has 0 saturated carbocycles. The minimum absolute atomic E-state index is 1.25. The minimum Gasteiger partial charge on any atom is -0.0616 e. The fourth-order valence-corrected chi connectivity index (χ4v) is 6.56. The number of benzene rings is 7. The molecule has 0 heterocycles. The van der Waals surface area contributed by atoms with Gasteiger partial charge in [0, 0.05) is 0 Å². The maximum absolute atomic E-state index is 2.38. The van der Waals surface area contributed by atoms with E-state index in [9.17, 15) is 0 Å². The summed E-state index contributed by atoms with van der Waals surface area (Å²) in [5.74, 6) is 0. The summed E-state index contributed by atoms with van der Waals surface area (Å²) < 4.78 is 0. The molecule has 0 aromatic heterocycles. The first-order chi connectivity index (χ1) is 19.1. The lowest BCUT2D eigenvalue weighted by molar-refractivity contribution is 1.32. The Bertz CT molecular complexity index is 1960. The summed E-state index contributed by atoms with van der Waals surface area (Å²) in [6, 6.07) is 47.0. The summed E-state index contributed by atoms with van der Waals surface area (Å²) >= 11 is 0. The van der Waals surface area contributed by atoms with Crippen LogP contribution in [-0.4, -0.2) is 0 Å². The van der Waals surface area contributed by atoms with Gasteiger partial charge in [0.15, 0.2) is 0 Å². The van der Waals surface area contributed by atoms with Gasteiger partial charge in [-0.2, -0.15) is 0 Å². The Labute approximate surface area is 230 Å². The lowest BCUT2D eigenvalue weighted by Gasteiger charge is -2.19. The Hall–Kier alpha value is -4.68. The summed E-state index contributed by atoms with van der Waals surface area (Å²) in [4.78, 5) is 0. The molecule has 7 aromatic rings. The topological polar surface area (TPSA) is 0 Å². The van der Waals surface area contributed by atoms with Gasteiger partial charge in [-0.15, -0.1) is 0 Å². The molecule has 0 saturated heterocycles. The quantitative estimate of drug-likeness (QED) is 0.213. The first-order valence-electron chi connectivity index (χ1n) is 13.7. The predicted octanol–water partition coefficient (Wildman–Crippen LogP) is 11.1. The molecule has 0 spiro atoms. The fourth-order valence-electron chi connectivity index (χ4n) is 6.56. The van der Waals surface area contributed by atoms with E-state index < -0.39 is 0 Å². The first-order valence-corrected chi connectivity index (χ1v) is 13.7. The number of fused-ring (bicyclic) bond motifs is 3. The molecular weight excluding hydrogens is 468 g/mol. The molecule has 0 aliphatic heterocycles. The number of aryl methyl sites for hydroxylation is 3. The maximum Gasteiger partial charge on any atom is -0.00262 e. The standard InChI is InChI=1S/C39H30/c1-25-21-26(2)37(27(3)22-25)30-13-10-14-31(24-30)38-33-15-6-8-17-35(33)39(36-18-9-7-16-34(36)38)32-20-19-28-11-4-5-12-29(28)23-32/h4-24H,1-3H3. The van der Waals surface area contributed by atoms with E-state index in [1.807, 2.05) is 0 Å². The second-order valence-corrected chi connectivity index (χ2v) is 10.8. The van der Waals surface area contributed by atoms with E-state index >= 15 is 0 Å². The zero-order valence-electron chi connectivity index (χ0n) is 22.6. The first kappa shape index (κ1) is 23.4. The Morgan fingerprint density at radius 2 is 0.795 bits per heavy atom. The van der Waals surface area contributed by atoms with E-state index in [4.69, 9.17) is 0 Å². The molecule has 0 aliphatic carbocycles. The second-order valence-electron chi connectivity index (χ2n) is 10.8. The smallest absolute Gasteiger partial charge is 0.00262 e. The number of rotatable bonds is 3. The van der Waals surface area contributed by atoms with Crippen LogP contribution >= 0.6 is 0 Å². The Morgan fingerprint density at radius 1 is 0.333 bits per heavy atom. The molecule has 0 amide bonds. The average molecular weight is 499 g/mol. The third-order valence-corrected chi connectivity index (χ3v) is 8.09. The van der Waals surface area contributed by atoms with Gasteiger partial charge in [0.05, 0.1) is 0 Å². The van der Waals surface area contributed by atoms with Gasteiger partial charge < -0.3 is 0 Å². The van der Waals surface area contributed by atoms with Crippen LogP contribution in [0.5, 0.6) is 0 Å². The van der Waals surface area contributed by atoms with Crippen LogP contribution < -0.4 is 0 Å². The van der Waals surface area contributed by atoms with Gasteiger partial charge in [-0.3, -0.25) is 0 Å². The molecule has 0 fully saturated rings. The molecule has 186 valence electrons. The van der Waals surface area contributed by atoms with E-state index in [0.717, 1.165) is 0 Å². The van der Waals surface area contributed by atoms with Crippen molar-refractivity contribution < 1.29 is 0 Å². The van der Waals surface area contributed by atoms with Gasteiger partial charge in [0.1, 0.15) is 0 Å². The maximum atomic E-state index is 2.38. The van der Waals surface area contributed by atoms with Gasteiger partial charge in [-0.05, 0) is 110 Å². The molecule has 0 nitrogen and oxygen atoms in total. The highest BCUT2D eigenvalue weighted by atomic mass is 14.2. The molecular formula is C39H30. The molecule has 0 bridgehead atoms. The predicted molar refractivity (Wildman–Crippen MR) is 169 cm³/mol. The van der Waals surface area contributed by atoms with Crippen LogP contribution in [0.1, 0.15) is 16.7 Å². The molecule has 0 radical (unpaired) electrons. The molecule has 39 heavy (non-hydrogen) atoms. The lowest BCUT2D eigenvalue weighted by Crippen LogP contribution is -1.93. The SMILES string of the molecule is Cc1cc(C)c(-c2cccc(-c3c4ccccc4c(-c4ccc5ccccc5c4)c4ccccc34)c2)c(C)c1. The van der Waals surface area contributed by atoms with Crippen LogP contribution in [0.4, 0.5) is 0 Å². The van der Waals surface area contributed by atoms with Crippen LogP contribution in [0.3, 0.4) is 0 Å². The fraction of sp³-hybridized carbons (Fsp3) is 0.0769. The third kappa shape index (κ3) is 3.92. The molecule has 7 rings (SSSR count). The Kier molecular flexibility index (Phi) is 5.56. The van der Waals surface area contributed by atoms with Gasteiger partial charge in [0.25, 0.3) is 0 Å². The summed E-state index contributed by atoms with van der Waals surface area (Å²) in [6.45, 7) is 6.63. The normalized spacial score (nSPS) is 11.5. The van der Waals surface area contributed by atoms with Gasteiger partial charge >= 0.3 is 0 Å². The van der Waals surface area contributed by atoms with Crippen LogP contribution in [-0.2, 0) is 0 Å². The van der Waals surface area contributed by atoms with Crippen molar-refractivity contribution in [2.45, 2.75) is 20.8 Å². The highest BCUT2D eigenvalue weighted by Crippen LogP contribution is 2.44. The highest BCUT2D eigenvalue weighted by Gasteiger charge is 2.17. The summed E-state index contributed by atoms with van der Waals surface area (Å²) in [5, 5.41) is 7.68. The molecule has 0 heteroatoms. The average Bonchev–Trinajstić information content (AvgIpc) is 2.95. The molecule has 7 aromatic carbocycles. The van der Waals surface area contributed by atoms with Crippen molar-refractivity contribution in [3.8, 4) is 33.4 Å². The third-order valence-electron chi connectivity index (χ3n) is 8.09. The van der Waals surface area contributed by atoms with Crippen molar-refractivity contribution in [1.29, 1.82) is 0 Å². The van der Waals surface area contributed by atoms with E-state index in [-0.39, 0.29) is 0 Å². The summed E-state index contributed by atoms with van der Waals surface area (Å²) in [6.07, 6.45) is 0. The van der Waals surface area contributed by atoms with Crippen molar-refractivity contribution in [3.05, 3.63) is 144 Å². The summed E-state index contributed by atoms with van der Waals surface area (Å²) in [7, 11) is 0. The molecule has 0 unspecified atom stereocenters. The lowest BCUT2D eigenvalue weighted by atomic mass is 9.84. The van der Waals surface area contributed by atoms with Crippen LogP contribution in [0.15, 0.2) is 127 Å². The zero-order valence-corrected chi connectivity index (χ0v) is 22.6. The van der Waals surface area contributed by atoms with Gasteiger partial charge in [-0.1, -0.05) is 121 Å². The Balaban J connectivity index is 1.53. The van der Waals surface area contributed by atoms with Crippen molar-refractivity contribution in [3.63, 3.8) is 0 Å². The monoisotopic (exact) mass is 498 g/mol. The Morgan fingerprint density at radius 3 is 1.36 bits per heavy atom. The van der Waals surface area contributed by atoms with Gasteiger partial charge in [0.2, 0.25) is 0 Å². The summed E-state index contributed by atoms with van der Waals surface area (Å²) in [5.41, 5.74) is 11.7. The van der Waals surface area contributed by atoms with E-state index in [1.54, 1.807) is 0 Å². The number of hydrogen-bond acceptors (Lipinski definition) is 0. The van der Waals surface area contributed by atoms with Crippen molar-refractivity contribution in [2.75, 3.05) is 0 Å². The van der Waals surface area contributed by atoms with Crippen LogP contribution in [0.25, 0.3) is 65.7 Å². The van der Waals surface area contributed by atoms with E-state index in [0.29, 0.717) is 0 Å². The van der Waals surface area contributed by atoms with Crippen LogP contribution in [0, 0.1) is 20.8 Å². The van der Waals surface area contributed by atoms with Crippen molar-refractivity contribution in [1.82, 2.24) is 0 Å². The van der Waals surface area contributed by atoms with Crippen LogP contribution in [0.2, 0.25) is 0 Å². The molecule has 0 N–H and O–H groups in total. The van der Waals surface area contributed by atoms with Crippen molar-refractivity contribution in [2.24, 2.45) is 0 Å². The van der Waals surface area contributed by atoms with E-state index in [2.05, 4.69) is 148 Å². The molecule has 0 aliphatic rings. The van der Waals surface area contributed by atoms with E-state index in [1.165, 1.54) is 82.4 Å². The zero-order chi connectivity index (χ0) is 26.5. The molecule has 0 atom stereocenters. The van der Waals surface area contributed by atoms with Gasteiger partial charge in [-0.25, -0.2) is 0 Å². The second kappa shape index (κ2) is 9.26. The number of hydrogen-bond donors (Lipinski definition) is 0. The largest absolute Gasteiger partial charge is 0.0616 e.